The van der Waals surface area contributed by atoms with E-state index in [4.69, 9.17) is 21.5 Å². The van der Waals surface area contributed by atoms with Gasteiger partial charge in [0.2, 0.25) is 15.9 Å². The molecule has 1 atom stereocenters. The lowest BCUT2D eigenvalue weighted by atomic mass is 10.1. The summed E-state index contributed by atoms with van der Waals surface area (Å²) in [6.45, 7) is 0.559. The van der Waals surface area contributed by atoms with E-state index in [0.29, 0.717) is 29.2 Å². The summed E-state index contributed by atoms with van der Waals surface area (Å²) in [7, 11) is -3.81. The third-order valence-corrected chi connectivity index (χ3v) is 7.47. The second-order valence-corrected chi connectivity index (χ2v) is 9.35. The number of hydrogen-bond acceptors (Lipinski definition) is 5. The van der Waals surface area contributed by atoms with E-state index in [0.717, 1.165) is 0 Å². The first kappa shape index (κ1) is 21.6. The Kier molecular flexibility index (Phi) is 7.13. The Labute approximate surface area is 175 Å². The van der Waals surface area contributed by atoms with E-state index in [2.05, 4.69) is 0 Å². The number of amides is 1. The predicted molar refractivity (Wildman–Crippen MR) is 109 cm³/mol. The second-order valence-electron chi connectivity index (χ2n) is 6.83. The Morgan fingerprint density at radius 3 is 2.38 bits per heavy atom. The van der Waals surface area contributed by atoms with Gasteiger partial charge in [-0.15, -0.1) is 0 Å². The average molecular weight is 439 g/mol. The standard InChI is InChI=1S/C20H23ClN2O5S/c21-17-8-4-5-9-18(17)28-16-10-12-23(13-11-16)29(26,27)19(14-20(24)22-25)15-6-2-1-3-7-15/h1-9,16,19,25H,10-14H2,(H,22,24)/t19-/m1/s1. The summed E-state index contributed by atoms with van der Waals surface area (Å²) in [4.78, 5) is 11.7. The van der Waals surface area contributed by atoms with Crippen LogP contribution in [0, 0.1) is 0 Å². The number of carbonyl (C=O) groups is 1. The molecule has 9 heteroatoms. The number of hydroxylamine groups is 1. The highest BCUT2D eigenvalue weighted by Gasteiger charge is 2.37. The van der Waals surface area contributed by atoms with E-state index >= 15 is 0 Å². The quantitative estimate of drug-likeness (QED) is 0.511. The van der Waals surface area contributed by atoms with Crippen LogP contribution in [-0.2, 0) is 14.8 Å². The number of carbonyl (C=O) groups excluding carboxylic acids is 1. The van der Waals surface area contributed by atoms with E-state index < -0.39 is 21.2 Å². The summed E-state index contributed by atoms with van der Waals surface area (Å²) in [6.07, 6.45) is 0.521. The number of para-hydroxylation sites is 1. The molecule has 0 bridgehead atoms. The van der Waals surface area contributed by atoms with Crippen molar-refractivity contribution in [3.05, 3.63) is 65.2 Å². The average Bonchev–Trinajstić information content (AvgIpc) is 2.74. The molecule has 2 aromatic carbocycles. The summed E-state index contributed by atoms with van der Waals surface area (Å²) in [5, 5.41) is 8.31. The van der Waals surface area contributed by atoms with Gasteiger partial charge in [0.25, 0.3) is 0 Å². The van der Waals surface area contributed by atoms with Crippen molar-refractivity contribution in [2.24, 2.45) is 0 Å². The van der Waals surface area contributed by atoms with E-state index in [1.54, 1.807) is 42.5 Å². The van der Waals surface area contributed by atoms with Crippen LogP contribution in [0.15, 0.2) is 54.6 Å². The maximum atomic E-state index is 13.3. The molecule has 3 rings (SSSR count). The molecule has 7 nitrogen and oxygen atoms in total. The number of ether oxygens (including phenoxy) is 1. The van der Waals surface area contributed by atoms with Crippen molar-refractivity contribution in [1.82, 2.24) is 9.79 Å². The molecule has 1 amide bonds. The first-order chi connectivity index (χ1) is 13.9. The van der Waals surface area contributed by atoms with E-state index in [1.807, 2.05) is 12.1 Å². The van der Waals surface area contributed by atoms with Gasteiger partial charge in [-0.25, -0.2) is 18.2 Å². The Bertz CT molecular complexity index is 931. The predicted octanol–water partition coefficient (Wildman–Crippen LogP) is 3.15. The normalized spacial score (nSPS) is 16.9. The van der Waals surface area contributed by atoms with Gasteiger partial charge >= 0.3 is 0 Å². The molecule has 1 aliphatic heterocycles. The van der Waals surface area contributed by atoms with Crippen molar-refractivity contribution in [3.63, 3.8) is 0 Å². The van der Waals surface area contributed by atoms with Crippen molar-refractivity contribution in [2.75, 3.05) is 13.1 Å². The highest BCUT2D eigenvalue weighted by Crippen LogP contribution is 2.32. The molecule has 2 N–H and O–H groups in total. The lowest BCUT2D eigenvalue weighted by molar-refractivity contribution is -0.129. The zero-order valence-electron chi connectivity index (χ0n) is 15.7. The summed E-state index contributed by atoms with van der Waals surface area (Å²) in [5.41, 5.74) is 2.03. The third-order valence-electron chi connectivity index (χ3n) is 4.92. The molecule has 1 aliphatic rings. The third kappa shape index (κ3) is 5.27. The Morgan fingerprint density at radius 1 is 1.14 bits per heavy atom. The van der Waals surface area contributed by atoms with Crippen molar-refractivity contribution in [2.45, 2.75) is 30.6 Å². The van der Waals surface area contributed by atoms with Gasteiger partial charge in [-0.3, -0.25) is 10.0 Å². The molecular weight excluding hydrogens is 416 g/mol. The lowest BCUT2D eigenvalue weighted by Crippen LogP contribution is -2.44. The van der Waals surface area contributed by atoms with Crippen LogP contribution in [0.25, 0.3) is 0 Å². The first-order valence-electron chi connectivity index (χ1n) is 9.30. The van der Waals surface area contributed by atoms with Crippen LogP contribution in [0.3, 0.4) is 0 Å². The fraction of sp³-hybridized carbons (Fsp3) is 0.350. The van der Waals surface area contributed by atoms with Crippen molar-refractivity contribution < 1.29 is 23.2 Å². The Balaban J connectivity index is 1.71. The highest BCUT2D eigenvalue weighted by molar-refractivity contribution is 7.89. The van der Waals surface area contributed by atoms with Crippen LogP contribution < -0.4 is 10.2 Å². The van der Waals surface area contributed by atoms with Crippen LogP contribution in [-0.4, -0.2) is 43.0 Å². The Hall–Kier alpha value is -2.13. The number of rotatable bonds is 7. The molecule has 0 spiro atoms. The summed E-state index contributed by atoms with van der Waals surface area (Å²) in [5.74, 6) is -0.170. The molecule has 0 aliphatic carbocycles. The number of nitrogens with zero attached hydrogens (tertiary/aromatic N) is 1. The molecule has 1 fully saturated rings. The van der Waals surface area contributed by atoms with E-state index in [1.165, 1.54) is 9.79 Å². The zero-order valence-corrected chi connectivity index (χ0v) is 17.3. The van der Waals surface area contributed by atoms with Crippen LogP contribution >= 0.6 is 11.6 Å². The largest absolute Gasteiger partial charge is 0.489 e. The second kappa shape index (κ2) is 9.58. The number of nitrogens with one attached hydrogen (secondary N) is 1. The number of piperidine rings is 1. The van der Waals surface area contributed by atoms with Crippen molar-refractivity contribution >= 4 is 27.5 Å². The molecule has 156 valence electrons. The minimum absolute atomic E-state index is 0.141. The maximum Gasteiger partial charge on any atom is 0.245 e. The van der Waals surface area contributed by atoms with Gasteiger partial charge in [-0.05, 0) is 30.5 Å². The fourth-order valence-corrected chi connectivity index (χ4v) is 5.50. The molecule has 0 saturated carbocycles. The SMILES string of the molecule is O=C(C[C@H](c1ccccc1)S(=O)(=O)N1CCC(Oc2ccccc2Cl)CC1)NO. The van der Waals surface area contributed by atoms with Gasteiger partial charge in [0.1, 0.15) is 17.1 Å². The number of hydrogen-bond donors (Lipinski definition) is 2. The molecule has 29 heavy (non-hydrogen) atoms. The van der Waals surface area contributed by atoms with Crippen LogP contribution in [0.4, 0.5) is 0 Å². The molecule has 2 aromatic rings. The van der Waals surface area contributed by atoms with Gasteiger partial charge < -0.3 is 4.74 Å². The molecule has 0 radical (unpaired) electrons. The van der Waals surface area contributed by atoms with Gasteiger partial charge in [0, 0.05) is 13.1 Å². The van der Waals surface area contributed by atoms with Gasteiger partial charge in [0.15, 0.2) is 0 Å². The smallest absolute Gasteiger partial charge is 0.245 e. The van der Waals surface area contributed by atoms with Gasteiger partial charge in [-0.2, -0.15) is 0 Å². The first-order valence-corrected chi connectivity index (χ1v) is 11.2. The van der Waals surface area contributed by atoms with Crippen molar-refractivity contribution in [1.29, 1.82) is 0 Å². The van der Waals surface area contributed by atoms with Crippen LogP contribution in [0.5, 0.6) is 5.75 Å². The summed E-state index contributed by atoms with van der Waals surface area (Å²) in [6, 6.07) is 15.7. The molecule has 1 saturated heterocycles. The van der Waals surface area contributed by atoms with E-state index in [9.17, 15) is 13.2 Å². The molecule has 0 unspecified atom stereocenters. The van der Waals surface area contributed by atoms with E-state index in [-0.39, 0.29) is 25.6 Å². The van der Waals surface area contributed by atoms with Gasteiger partial charge in [0.05, 0.1) is 11.4 Å². The molecule has 0 aromatic heterocycles. The minimum atomic E-state index is -3.81. The van der Waals surface area contributed by atoms with Crippen LogP contribution in [0.2, 0.25) is 5.02 Å². The Morgan fingerprint density at radius 2 is 1.76 bits per heavy atom. The number of sulfonamides is 1. The lowest BCUT2D eigenvalue weighted by Gasteiger charge is -2.34. The van der Waals surface area contributed by atoms with Crippen LogP contribution in [0.1, 0.15) is 30.1 Å². The van der Waals surface area contributed by atoms with Crippen molar-refractivity contribution in [3.8, 4) is 5.75 Å². The monoisotopic (exact) mass is 438 g/mol. The molecular formula is C20H23ClN2O5S. The summed E-state index contributed by atoms with van der Waals surface area (Å²) < 4.78 is 33.8. The summed E-state index contributed by atoms with van der Waals surface area (Å²) >= 11 is 6.13. The highest BCUT2D eigenvalue weighted by atomic mass is 35.5. The topological polar surface area (TPSA) is 95.9 Å². The van der Waals surface area contributed by atoms with Gasteiger partial charge in [-0.1, -0.05) is 54.1 Å². The number of halogens is 1. The minimum Gasteiger partial charge on any atom is -0.489 e. The fourth-order valence-electron chi connectivity index (χ4n) is 3.38. The molecule has 1 heterocycles. The maximum absolute atomic E-state index is 13.3. The zero-order chi connectivity index (χ0) is 20.9. The number of benzene rings is 2.